The molecule has 1 unspecified atom stereocenters. The van der Waals surface area contributed by atoms with Crippen LogP contribution in [0.1, 0.15) is 19.4 Å². The second-order valence-electron chi connectivity index (χ2n) is 4.75. The highest BCUT2D eigenvalue weighted by atomic mass is 35.5. The third kappa shape index (κ3) is 4.37. The predicted molar refractivity (Wildman–Crippen MR) is 85.5 cm³/mol. The van der Waals surface area contributed by atoms with E-state index < -0.39 is 22.0 Å². The van der Waals surface area contributed by atoms with Crippen LogP contribution in [0.25, 0.3) is 0 Å². The van der Waals surface area contributed by atoms with Crippen molar-refractivity contribution in [1.82, 2.24) is 4.72 Å². The number of nitrogens with two attached hydrogens (primary N) is 2. The van der Waals surface area contributed by atoms with Crippen LogP contribution < -0.4 is 16.2 Å². The van der Waals surface area contributed by atoms with Crippen LogP contribution >= 0.6 is 23.8 Å². The topological polar surface area (TPSA) is 115 Å². The van der Waals surface area contributed by atoms with Gasteiger partial charge in [0.25, 0.3) is 0 Å². The lowest BCUT2D eigenvalue weighted by Crippen LogP contribution is -2.47. The Morgan fingerprint density at radius 1 is 1.33 bits per heavy atom. The van der Waals surface area contributed by atoms with Crippen LogP contribution in [0.4, 0.5) is 0 Å². The van der Waals surface area contributed by atoms with Gasteiger partial charge in [-0.2, -0.15) is 4.72 Å². The summed E-state index contributed by atoms with van der Waals surface area (Å²) in [5.74, 6) is -1.04. The molecule has 1 aromatic carbocycles. The molecular formula is C12H16ClN3O3S2. The Hall–Kier alpha value is -1.22. The highest BCUT2D eigenvalue weighted by Gasteiger charge is 2.27. The van der Waals surface area contributed by atoms with Crippen molar-refractivity contribution >= 4 is 44.7 Å². The molecule has 1 amide bonds. The van der Waals surface area contributed by atoms with E-state index in [4.69, 9.17) is 35.3 Å². The summed E-state index contributed by atoms with van der Waals surface area (Å²) in [6, 6.07) is 2.93. The predicted octanol–water partition coefficient (Wildman–Crippen LogP) is 0.762. The van der Waals surface area contributed by atoms with E-state index in [9.17, 15) is 13.2 Å². The van der Waals surface area contributed by atoms with E-state index in [1.54, 1.807) is 13.8 Å². The lowest BCUT2D eigenvalue weighted by atomic mass is 10.1. The van der Waals surface area contributed by atoms with Crippen LogP contribution in [-0.4, -0.2) is 25.4 Å². The van der Waals surface area contributed by atoms with Crippen molar-refractivity contribution in [3.8, 4) is 0 Å². The SMILES string of the molecule is CC(C)C(NS(=O)(=O)c1ccc(C(N)=S)c(Cl)c1)C(N)=O. The van der Waals surface area contributed by atoms with E-state index >= 15 is 0 Å². The zero-order valence-electron chi connectivity index (χ0n) is 11.5. The zero-order valence-corrected chi connectivity index (χ0v) is 13.8. The summed E-state index contributed by atoms with van der Waals surface area (Å²) in [6.07, 6.45) is 0. The molecule has 0 fully saturated rings. The lowest BCUT2D eigenvalue weighted by Gasteiger charge is -2.19. The standard InChI is InChI=1S/C12H16ClN3O3S2/c1-6(2)10(11(14)17)16-21(18,19)7-3-4-8(12(15)20)9(13)5-7/h3-6,10,16H,1-2H3,(H2,14,17)(H2,15,20). The van der Waals surface area contributed by atoms with Gasteiger partial charge >= 0.3 is 0 Å². The summed E-state index contributed by atoms with van der Waals surface area (Å²) < 4.78 is 26.7. The minimum Gasteiger partial charge on any atom is -0.389 e. The molecule has 1 atom stereocenters. The Morgan fingerprint density at radius 3 is 2.29 bits per heavy atom. The van der Waals surface area contributed by atoms with Gasteiger partial charge in [-0.15, -0.1) is 0 Å². The molecule has 0 saturated heterocycles. The molecule has 1 aromatic rings. The van der Waals surface area contributed by atoms with E-state index in [1.165, 1.54) is 18.2 Å². The highest BCUT2D eigenvalue weighted by Crippen LogP contribution is 2.21. The molecule has 0 bridgehead atoms. The van der Waals surface area contributed by atoms with Gasteiger partial charge in [-0.1, -0.05) is 37.7 Å². The second-order valence-corrected chi connectivity index (χ2v) is 7.31. The van der Waals surface area contributed by atoms with Gasteiger partial charge in [0.2, 0.25) is 15.9 Å². The quantitative estimate of drug-likeness (QED) is 0.656. The van der Waals surface area contributed by atoms with E-state index in [0.717, 1.165) is 0 Å². The van der Waals surface area contributed by atoms with Crippen molar-refractivity contribution in [3.63, 3.8) is 0 Å². The van der Waals surface area contributed by atoms with Gasteiger partial charge in [0, 0.05) is 5.56 Å². The summed E-state index contributed by atoms with van der Waals surface area (Å²) in [7, 11) is -3.93. The molecule has 0 saturated carbocycles. The first-order valence-corrected chi connectivity index (χ1v) is 8.24. The molecule has 116 valence electrons. The molecule has 0 radical (unpaired) electrons. The van der Waals surface area contributed by atoms with Gasteiger partial charge in [0.1, 0.15) is 11.0 Å². The smallest absolute Gasteiger partial charge is 0.241 e. The summed E-state index contributed by atoms with van der Waals surface area (Å²) >= 11 is 10.7. The van der Waals surface area contributed by atoms with Crippen LogP contribution in [0.5, 0.6) is 0 Å². The molecule has 0 spiro atoms. The second kappa shape index (κ2) is 6.69. The van der Waals surface area contributed by atoms with Gasteiger partial charge in [-0.05, 0) is 24.1 Å². The lowest BCUT2D eigenvalue weighted by molar-refractivity contribution is -0.120. The molecule has 21 heavy (non-hydrogen) atoms. The molecule has 0 aliphatic rings. The minimum atomic E-state index is -3.93. The number of benzene rings is 1. The van der Waals surface area contributed by atoms with Crippen LogP contribution in [0.3, 0.4) is 0 Å². The molecule has 1 rings (SSSR count). The molecular weight excluding hydrogens is 334 g/mol. The summed E-state index contributed by atoms with van der Waals surface area (Å²) in [5.41, 5.74) is 11.0. The number of hydrogen-bond acceptors (Lipinski definition) is 4. The number of carbonyl (C=O) groups excluding carboxylic acids is 1. The zero-order chi connectivity index (χ0) is 16.4. The van der Waals surface area contributed by atoms with E-state index in [0.29, 0.717) is 5.56 Å². The van der Waals surface area contributed by atoms with Crippen LogP contribution in [0.2, 0.25) is 5.02 Å². The third-order valence-electron chi connectivity index (χ3n) is 2.77. The van der Waals surface area contributed by atoms with E-state index in [-0.39, 0.29) is 20.8 Å². The largest absolute Gasteiger partial charge is 0.389 e. The molecule has 5 N–H and O–H groups in total. The van der Waals surface area contributed by atoms with Crippen molar-refractivity contribution in [3.05, 3.63) is 28.8 Å². The van der Waals surface area contributed by atoms with Gasteiger partial charge in [0.05, 0.1) is 9.92 Å². The number of carbonyl (C=O) groups is 1. The first kappa shape index (κ1) is 17.8. The molecule has 0 aliphatic heterocycles. The van der Waals surface area contributed by atoms with Gasteiger partial charge in [0.15, 0.2) is 0 Å². The molecule has 0 aliphatic carbocycles. The van der Waals surface area contributed by atoms with Gasteiger partial charge < -0.3 is 11.5 Å². The van der Waals surface area contributed by atoms with Gasteiger partial charge in [-0.3, -0.25) is 4.79 Å². The molecule has 9 heteroatoms. The summed E-state index contributed by atoms with van der Waals surface area (Å²) in [6.45, 7) is 3.36. The fourth-order valence-electron chi connectivity index (χ4n) is 1.62. The summed E-state index contributed by atoms with van der Waals surface area (Å²) in [4.78, 5) is 11.3. The molecule has 0 aromatic heterocycles. The number of rotatable bonds is 6. The maximum absolute atomic E-state index is 12.2. The maximum Gasteiger partial charge on any atom is 0.241 e. The Balaban J connectivity index is 3.17. The average molecular weight is 350 g/mol. The number of sulfonamides is 1. The first-order chi connectivity index (χ1) is 9.56. The normalized spacial score (nSPS) is 13.1. The third-order valence-corrected chi connectivity index (χ3v) is 4.74. The number of amides is 1. The Labute approximate surface area is 133 Å². The number of hydrogen-bond donors (Lipinski definition) is 3. The first-order valence-electron chi connectivity index (χ1n) is 5.97. The number of thiocarbonyl (C=S) groups is 1. The van der Waals surface area contributed by atoms with Crippen molar-refractivity contribution in [2.75, 3.05) is 0 Å². The van der Waals surface area contributed by atoms with Crippen LogP contribution in [0, 0.1) is 5.92 Å². The fraction of sp³-hybridized carbons (Fsp3) is 0.333. The Kier molecular flexibility index (Phi) is 5.68. The van der Waals surface area contributed by atoms with Crippen molar-refractivity contribution < 1.29 is 13.2 Å². The van der Waals surface area contributed by atoms with Crippen molar-refractivity contribution in [2.24, 2.45) is 17.4 Å². The number of primary amides is 1. The Morgan fingerprint density at radius 2 is 1.90 bits per heavy atom. The molecule has 0 heterocycles. The van der Waals surface area contributed by atoms with Crippen LogP contribution in [-0.2, 0) is 14.8 Å². The maximum atomic E-state index is 12.2. The van der Waals surface area contributed by atoms with Crippen molar-refractivity contribution in [1.29, 1.82) is 0 Å². The molecule has 6 nitrogen and oxygen atoms in total. The van der Waals surface area contributed by atoms with E-state index in [2.05, 4.69) is 4.72 Å². The summed E-state index contributed by atoms with van der Waals surface area (Å²) in [5, 5.41) is 0.116. The van der Waals surface area contributed by atoms with E-state index in [1.807, 2.05) is 0 Å². The minimum absolute atomic E-state index is 0.0640. The Bertz CT molecular complexity index is 674. The highest BCUT2D eigenvalue weighted by molar-refractivity contribution is 7.89. The average Bonchev–Trinajstić information content (AvgIpc) is 2.34. The number of nitrogens with one attached hydrogen (secondary N) is 1. The fourth-order valence-corrected chi connectivity index (χ4v) is 3.58. The van der Waals surface area contributed by atoms with Crippen molar-refractivity contribution in [2.45, 2.75) is 24.8 Å². The van der Waals surface area contributed by atoms with Gasteiger partial charge in [-0.25, -0.2) is 8.42 Å². The van der Waals surface area contributed by atoms with Crippen LogP contribution in [0.15, 0.2) is 23.1 Å². The monoisotopic (exact) mass is 349 g/mol. The number of halogens is 1.